The second-order valence-electron chi connectivity index (χ2n) is 5.64. The van der Waals surface area contributed by atoms with Gasteiger partial charge in [-0.1, -0.05) is 6.92 Å². The zero-order chi connectivity index (χ0) is 12.3. The molecule has 0 aliphatic rings. The van der Waals surface area contributed by atoms with E-state index in [2.05, 4.69) is 33.1 Å². The van der Waals surface area contributed by atoms with Gasteiger partial charge in [-0.05, 0) is 45.3 Å². The Labute approximate surface area is 97.3 Å². The SMILES string of the molecule is CC[Si](C)(C)O[Si](C)(C)O[Si](C)(C)CO. The van der Waals surface area contributed by atoms with E-state index in [0.29, 0.717) is 0 Å². The molecular weight excluding hydrogens is 240 g/mol. The second-order valence-corrected chi connectivity index (χ2v) is 18.1. The molecule has 0 saturated carbocycles. The van der Waals surface area contributed by atoms with E-state index in [1.165, 1.54) is 0 Å². The van der Waals surface area contributed by atoms with Crippen LogP contribution in [0.4, 0.5) is 0 Å². The monoisotopic (exact) mass is 266 g/mol. The van der Waals surface area contributed by atoms with Crippen LogP contribution in [-0.2, 0) is 8.23 Å². The summed E-state index contributed by atoms with van der Waals surface area (Å²) in [4.78, 5) is 0. The van der Waals surface area contributed by atoms with Crippen LogP contribution in [0.15, 0.2) is 0 Å². The Hall–Kier alpha value is 0.531. The molecule has 3 nitrogen and oxygen atoms in total. The first-order valence-corrected chi connectivity index (χ1v) is 14.6. The maximum Gasteiger partial charge on any atom is 0.311 e. The molecule has 0 radical (unpaired) electrons. The van der Waals surface area contributed by atoms with Gasteiger partial charge in [-0.2, -0.15) is 0 Å². The molecule has 1 N–H and O–H groups in total. The highest BCUT2D eigenvalue weighted by Crippen LogP contribution is 2.22. The van der Waals surface area contributed by atoms with Gasteiger partial charge in [0.05, 0.1) is 6.23 Å². The lowest BCUT2D eigenvalue weighted by Crippen LogP contribution is -2.53. The lowest BCUT2D eigenvalue weighted by atomic mass is 11.0. The smallest absolute Gasteiger partial charge is 0.311 e. The molecule has 0 heterocycles. The molecule has 0 amide bonds. The van der Waals surface area contributed by atoms with Crippen molar-refractivity contribution in [1.29, 1.82) is 0 Å². The molecule has 0 rings (SSSR count). The molecule has 92 valence electrons. The average molecular weight is 267 g/mol. The van der Waals surface area contributed by atoms with Gasteiger partial charge in [-0.25, -0.2) is 0 Å². The molecule has 0 unspecified atom stereocenters. The van der Waals surface area contributed by atoms with Crippen LogP contribution in [0.5, 0.6) is 0 Å². The van der Waals surface area contributed by atoms with E-state index in [4.69, 9.17) is 8.23 Å². The standard InChI is InChI=1S/C9H26O3Si3/c1-8-13(2,3)11-15(6,7)12-14(4,5)9-10/h10H,8-9H2,1-7H3. The van der Waals surface area contributed by atoms with Gasteiger partial charge < -0.3 is 13.3 Å². The molecule has 0 atom stereocenters. The molecule has 0 fully saturated rings. The highest BCUT2D eigenvalue weighted by atomic mass is 28.5. The van der Waals surface area contributed by atoms with Crippen molar-refractivity contribution in [2.45, 2.75) is 52.2 Å². The number of aliphatic hydroxyl groups excluding tert-OH is 1. The van der Waals surface area contributed by atoms with E-state index in [0.717, 1.165) is 6.04 Å². The van der Waals surface area contributed by atoms with Crippen molar-refractivity contribution in [2.24, 2.45) is 0 Å². The molecule has 0 spiro atoms. The summed E-state index contributed by atoms with van der Waals surface area (Å²) in [6.07, 6.45) is 0.168. The van der Waals surface area contributed by atoms with Crippen molar-refractivity contribution in [2.75, 3.05) is 6.23 Å². The summed E-state index contributed by atoms with van der Waals surface area (Å²) in [6.45, 7) is 14.9. The third-order valence-corrected chi connectivity index (χ3v) is 13.1. The minimum absolute atomic E-state index is 0.168. The summed E-state index contributed by atoms with van der Waals surface area (Å²) in [6, 6.07) is 1.11. The molecule has 0 aliphatic heterocycles. The number of hydrogen-bond donors (Lipinski definition) is 1. The zero-order valence-corrected chi connectivity index (χ0v) is 14.2. The molecule has 0 bridgehead atoms. The van der Waals surface area contributed by atoms with Crippen LogP contribution in [0.25, 0.3) is 0 Å². The van der Waals surface area contributed by atoms with Gasteiger partial charge in [0.2, 0.25) is 8.32 Å². The summed E-state index contributed by atoms with van der Waals surface area (Å²) < 4.78 is 12.2. The minimum atomic E-state index is -2.05. The molecule has 0 aromatic rings. The van der Waals surface area contributed by atoms with Gasteiger partial charge in [-0.15, -0.1) is 0 Å². The Morgan fingerprint density at radius 1 is 0.867 bits per heavy atom. The number of hydrogen-bond acceptors (Lipinski definition) is 3. The van der Waals surface area contributed by atoms with E-state index < -0.39 is 25.2 Å². The van der Waals surface area contributed by atoms with Crippen molar-refractivity contribution in [1.82, 2.24) is 0 Å². The fourth-order valence-electron chi connectivity index (χ4n) is 1.46. The number of aliphatic hydroxyl groups is 1. The van der Waals surface area contributed by atoms with E-state index in [9.17, 15) is 5.11 Å². The fraction of sp³-hybridized carbons (Fsp3) is 1.00. The van der Waals surface area contributed by atoms with Crippen molar-refractivity contribution in [3.8, 4) is 0 Å². The summed E-state index contributed by atoms with van der Waals surface area (Å²) in [7, 11) is -5.51. The zero-order valence-electron chi connectivity index (χ0n) is 11.2. The Bertz CT molecular complexity index is 185. The van der Waals surface area contributed by atoms with Gasteiger partial charge in [0.15, 0.2) is 8.32 Å². The number of rotatable bonds is 6. The van der Waals surface area contributed by atoms with Crippen LogP contribution in [-0.4, -0.2) is 36.5 Å². The molecule has 15 heavy (non-hydrogen) atoms. The van der Waals surface area contributed by atoms with Gasteiger partial charge in [0.25, 0.3) is 0 Å². The van der Waals surface area contributed by atoms with Gasteiger partial charge in [0, 0.05) is 0 Å². The van der Waals surface area contributed by atoms with E-state index in [1.807, 2.05) is 13.1 Å². The van der Waals surface area contributed by atoms with Gasteiger partial charge >= 0.3 is 8.56 Å². The van der Waals surface area contributed by atoms with Crippen molar-refractivity contribution in [3.63, 3.8) is 0 Å². The normalized spacial score (nSPS) is 14.4. The lowest BCUT2D eigenvalue weighted by Gasteiger charge is -2.37. The Morgan fingerprint density at radius 3 is 1.60 bits per heavy atom. The second kappa shape index (κ2) is 5.24. The van der Waals surface area contributed by atoms with Crippen LogP contribution in [0.2, 0.25) is 45.3 Å². The summed E-state index contributed by atoms with van der Waals surface area (Å²) in [5.41, 5.74) is 0. The lowest BCUT2D eigenvalue weighted by molar-refractivity contribution is 0.314. The van der Waals surface area contributed by atoms with Crippen LogP contribution in [0.1, 0.15) is 6.92 Å². The van der Waals surface area contributed by atoms with Crippen molar-refractivity contribution >= 4 is 25.2 Å². The van der Waals surface area contributed by atoms with E-state index in [1.54, 1.807) is 0 Å². The fourth-order valence-corrected chi connectivity index (χ4v) is 13.5. The average Bonchev–Trinajstić information content (AvgIpc) is 2.00. The molecular formula is C9H26O3Si3. The van der Waals surface area contributed by atoms with Crippen molar-refractivity contribution < 1.29 is 13.3 Å². The topological polar surface area (TPSA) is 38.7 Å². The quantitative estimate of drug-likeness (QED) is 0.751. The maximum atomic E-state index is 9.23. The molecule has 6 heteroatoms. The highest BCUT2D eigenvalue weighted by Gasteiger charge is 2.38. The first-order valence-electron chi connectivity index (χ1n) is 5.55. The third-order valence-electron chi connectivity index (χ3n) is 2.28. The molecule has 0 aromatic heterocycles. The first-order chi connectivity index (χ1) is 6.54. The van der Waals surface area contributed by atoms with Crippen LogP contribution >= 0.6 is 0 Å². The Kier molecular flexibility index (Phi) is 5.43. The first kappa shape index (κ1) is 15.5. The third kappa shape index (κ3) is 6.64. The Balaban J connectivity index is 4.43. The van der Waals surface area contributed by atoms with E-state index >= 15 is 0 Å². The van der Waals surface area contributed by atoms with Crippen LogP contribution in [0.3, 0.4) is 0 Å². The Morgan fingerprint density at radius 2 is 1.27 bits per heavy atom. The molecule has 0 saturated heterocycles. The van der Waals surface area contributed by atoms with Crippen molar-refractivity contribution in [3.05, 3.63) is 0 Å². The largest absolute Gasteiger partial charge is 0.437 e. The van der Waals surface area contributed by atoms with Gasteiger partial charge in [0.1, 0.15) is 0 Å². The molecule has 0 aromatic carbocycles. The minimum Gasteiger partial charge on any atom is -0.437 e. The predicted molar refractivity (Wildman–Crippen MR) is 72.2 cm³/mol. The van der Waals surface area contributed by atoms with Gasteiger partial charge in [-0.3, -0.25) is 0 Å². The van der Waals surface area contributed by atoms with E-state index in [-0.39, 0.29) is 6.23 Å². The molecule has 0 aliphatic carbocycles. The maximum absolute atomic E-state index is 9.23. The summed E-state index contributed by atoms with van der Waals surface area (Å²) >= 11 is 0. The van der Waals surface area contributed by atoms with Crippen LogP contribution < -0.4 is 0 Å². The summed E-state index contributed by atoms with van der Waals surface area (Å²) in [5.74, 6) is 0. The highest BCUT2D eigenvalue weighted by molar-refractivity contribution is 6.87. The predicted octanol–water partition coefficient (Wildman–Crippen LogP) is 2.68. The van der Waals surface area contributed by atoms with Crippen LogP contribution in [0, 0.1) is 0 Å². The summed E-state index contributed by atoms with van der Waals surface area (Å²) in [5, 5.41) is 9.23.